The Morgan fingerprint density at radius 1 is 1.64 bits per heavy atom. The molecule has 1 N–H and O–H groups in total. The van der Waals surface area contributed by atoms with Crippen LogP contribution in [0.1, 0.15) is 17.4 Å². The molecule has 0 amide bonds. The Bertz CT molecular complexity index is 367. The predicted octanol–water partition coefficient (Wildman–Crippen LogP) is 0.575. The first-order chi connectivity index (χ1) is 6.63. The van der Waals surface area contributed by atoms with E-state index in [4.69, 9.17) is 16.3 Å². The highest BCUT2D eigenvalue weighted by Crippen LogP contribution is 2.06. The second-order valence-electron chi connectivity index (χ2n) is 2.47. The fourth-order valence-electron chi connectivity index (χ4n) is 0.703. The average Bonchev–Trinajstić information content (AvgIpc) is 2.18. The summed E-state index contributed by atoms with van der Waals surface area (Å²) in [6.45, 7) is 1.67. The van der Waals surface area contributed by atoms with Crippen LogP contribution in [0, 0.1) is 12.3 Å². The van der Waals surface area contributed by atoms with Crippen molar-refractivity contribution in [2.24, 2.45) is 0 Å². The number of nitrogens with zero attached hydrogens (tertiary/aromatic N) is 2. The van der Waals surface area contributed by atoms with Crippen molar-refractivity contribution in [3.8, 4) is 18.2 Å². The third-order valence-electron chi connectivity index (χ3n) is 1.38. The topological polar surface area (TPSA) is 72.3 Å². The van der Waals surface area contributed by atoms with Gasteiger partial charge in [-0.15, -0.1) is 6.42 Å². The van der Waals surface area contributed by atoms with E-state index >= 15 is 0 Å². The molecule has 14 heavy (non-hydrogen) atoms. The first-order valence-electron chi connectivity index (χ1n) is 3.81. The van der Waals surface area contributed by atoms with Crippen molar-refractivity contribution >= 4 is 5.97 Å². The van der Waals surface area contributed by atoms with Crippen molar-refractivity contribution in [1.29, 1.82) is 0 Å². The van der Waals surface area contributed by atoms with Crippen LogP contribution in [-0.4, -0.2) is 27.1 Å². The molecular formula is C9H8N2O3. The maximum absolute atomic E-state index is 10.4. The van der Waals surface area contributed by atoms with Gasteiger partial charge in [-0.1, -0.05) is 5.92 Å². The van der Waals surface area contributed by atoms with Crippen LogP contribution < -0.4 is 4.74 Å². The van der Waals surface area contributed by atoms with Gasteiger partial charge in [-0.25, -0.2) is 14.8 Å². The number of hydrogen-bond acceptors (Lipinski definition) is 4. The molecule has 1 aromatic heterocycles. The van der Waals surface area contributed by atoms with Crippen molar-refractivity contribution in [1.82, 2.24) is 9.97 Å². The number of aromatic nitrogens is 2. The average molecular weight is 192 g/mol. The lowest BCUT2D eigenvalue weighted by Gasteiger charge is -2.06. The number of ether oxygens (including phenoxy) is 1. The zero-order chi connectivity index (χ0) is 10.6. The Balaban J connectivity index is 2.75. The fraction of sp³-hybridized carbons (Fsp3) is 0.222. The Hall–Kier alpha value is -2.09. The van der Waals surface area contributed by atoms with Crippen LogP contribution in [0.15, 0.2) is 12.4 Å². The molecule has 0 aliphatic carbocycles. The van der Waals surface area contributed by atoms with E-state index < -0.39 is 12.1 Å². The summed E-state index contributed by atoms with van der Waals surface area (Å²) in [5.41, 5.74) is -0.134. The largest absolute Gasteiger partial charge is 0.476 e. The molecule has 1 rings (SSSR count). The van der Waals surface area contributed by atoms with E-state index in [1.807, 2.05) is 0 Å². The first-order valence-corrected chi connectivity index (χ1v) is 3.81. The zero-order valence-electron chi connectivity index (χ0n) is 7.47. The first kappa shape index (κ1) is 9.99. The second-order valence-corrected chi connectivity index (χ2v) is 2.47. The minimum absolute atomic E-state index is 0.134. The SMILES string of the molecule is C#C[C@@H](C)Oc1cnc(C(=O)O)cn1. The van der Waals surface area contributed by atoms with Gasteiger partial charge in [0.05, 0.1) is 12.4 Å². The van der Waals surface area contributed by atoms with E-state index in [9.17, 15) is 4.79 Å². The van der Waals surface area contributed by atoms with Crippen molar-refractivity contribution in [3.05, 3.63) is 18.1 Å². The van der Waals surface area contributed by atoms with E-state index in [0.29, 0.717) is 0 Å². The monoisotopic (exact) mass is 192 g/mol. The fourth-order valence-corrected chi connectivity index (χ4v) is 0.703. The maximum atomic E-state index is 10.4. The van der Waals surface area contributed by atoms with Gasteiger partial charge in [-0.05, 0) is 6.92 Å². The van der Waals surface area contributed by atoms with Gasteiger partial charge in [0.1, 0.15) is 0 Å². The highest BCUT2D eigenvalue weighted by molar-refractivity contribution is 5.84. The van der Waals surface area contributed by atoms with Crippen LogP contribution in [0.3, 0.4) is 0 Å². The molecule has 0 radical (unpaired) electrons. The Morgan fingerprint density at radius 2 is 2.36 bits per heavy atom. The Kier molecular flexibility index (Phi) is 3.02. The van der Waals surface area contributed by atoms with Gasteiger partial charge < -0.3 is 9.84 Å². The van der Waals surface area contributed by atoms with Crippen LogP contribution in [0.4, 0.5) is 0 Å². The lowest BCUT2D eigenvalue weighted by molar-refractivity contribution is 0.0689. The molecule has 0 aliphatic rings. The summed E-state index contributed by atoms with van der Waals surface area (Å²) in [5.74, 6) is 1.42. The molecule has 0 saturated carbocycles. The van der Waals surface area contributed by atoms with E-state index in [2.05, 4.69) is 15.9 Å². The molecular weight excluding hydrogens is 184 g/mol. The van der Waals surface area contributed by atoms with Gasteiger partial charge in [-0.3, -0.25) is 0 Å². The summed E-state index contributed by atoms with van der Waals surface area (Å²) in [5, 5.41) is 8.53. The van der Waals surface area contributed by atoms with Gasteiger partial charge in [0.15, 0.2) is 11.8 Å². The number of carbonyl (C=O) groups is 1. The van der Waals surface area contributed by atoms with Crippen LogP contribution in [0.5, 0.6) is 5.88 Å². The lowest BCUT2D eigenvalue weighted by atomic mass is 10.4. The number of carboxylic acid groups (broad SMARTS) is 1. The molecule has 0 saturated heterocycles. The smallest absolute Gasteiger partial charge is 0.356 e. The molecule has 0 spiro atoms. The van der Waals surface area contributed by atoms with Gasteiger partial charge in [0, 0.05) is 0 Å². The van der Waals surface area contributed by atoms with Crippen molar-refractivity contribution in [2.45, 2.75) is 13.0 Å². The highest BCUT2D eigenvalue weighted by atomic mass is 16.5. The van der Waals surface area contributed by atoms with Crippen molar-refractivity contribution in [3.63, 3.8) is 0 Å². The van der Waals surface area contributed by atoms with Crippen LogP contribution in [-0.2, 0) is 0 Å². The minimum Gasteiger partial charge on any atom is -0.476 e. The van der Waals surface area contributed by atoms with Crippen LogP contribution >= 0.6 is 0 Å². The molecule has 1 heterocycles. The quantitative estimate of drug-likeness (QED) is 0.709. The van der Waals surface area contributed by atoms with Gasteiger partial charge in [0.25, 0.3) is 0 Å². The number of aromatic carboxylic acids is 1. The Morgan fingerprint density at radius 3 is 2.79 bits per heavy atom. The number of carboxylic acids is 1. The summed E-state index contributed by atoms with van der Waals surface area (Å²) in [7, 11) is 0. The molecule has 1 atom stereocenters. The molecule has 0 bridgehead atoms. The van der Waals surface area contributed by atoms with Gasteiger partial charge >= 0.3 is 5.97 Å². The summed E-state index contributed by atoms with van der Waals surface area (Å²) in [6.07, 6.45) is 7.00. The number of rotatable bonds is 3. The van der Waals surface area contributed by atoms with E-state index in [-0.39, 0.29) is 11.6 Å². The summed E-state index contributed by atoms with van der Waals surface area (Å²) in [6, 6.07) is 0. The molecule has 72 valence electrons. The number of hydrogen-bond donors (Lipinski definition) is 1. The van der Waals surface area contributed by atoms with E-state index in [1.54, 1.807) is 6.92 Å². The predicted molar refractivity (Wildman–Crippen MR) is 47.9 cm³/mol. The van der Waals surface area contributed by atoms with Crippen molar-refractivity contribution < 1.29 is 14.6 Å². The zero-order valence-corrected chi connectivity index (χ0v) is 7.47. The highest BCUT2D eigenvalue weighted by Gasteiger charge is 2.06. The molecule has 0 unspecified atom stereocenters. The van der Waals surface area contributed by atoms with Gasteiger partial charge in [-0.2, -0.15) is 0 Å². The summed E-state index contributed by atoms with van der Waals surface area (Å²) >= 11 is 0. The van der Waals surface area contributed by atoms with Crippen molar-refractivity contribution in [2.75, 3.05) is 0 Å². The third-order valence-corrected chi connectivity index (χ3v) is 1.38. The lowest BCUT2D eigenvalue weighted by Crippen LogP contribution is -2.10. The molecule has 5 nitrogen and oxygen atoms in total. The third kappa shape index (κ3) is 2.45. The standard InChI is InChI=1S/C9H8N2O3/c1-3-6(2)14-8-5-10-7(4-11-8)9(12)13/h1,4-6H,2H3,(H,12,13)/t6-/m1/s1. The van der Waals surface area contributed by atoms with Gasteiger partial charge in [0.2, 0.25) is 5.88 Å². The van der Waals surface area contributed by atoms with Crippen LogP contribution in [0.2, 0.25) is 0 Å². The normalized spacial score (nSPS) is 11.4. The summed E-state index contributed by atoms with van der Waals surface area (Å²) in [4.78, 5) is 17.8. The van der Waals surface area contributed by atoms with E-state index in [0.717, 1.165) is 6.20 Å². The number of terminal acetylenes is 1. The van der Waals surface area contributed by atoms with Crippen LogP contribution in [0.25, 0.3) is 0 Å². The molecule has 1 aromatic rings. The van der Waals surface area contributed by atoms with E-state index in [1.165, 1.54) is 6.20 Å². The maximum Gasteiger partial charge on any atom is 0.356 e. The summed E-state index contributed by atoms with van der Waals surface area (Å²) < 4.78 is 5.10. The molecule has 5 heteroatoms. The molecule has 0 aliphatic heterocycles. The molecule has 0 aromatic carbocycles. The minimum atomic E-state index is -1.13. The molecule has 0 fully saturated rings. The Labute approximate surface area is 80.8 Å². The second kappa shape index (κ2) is 4.23.